The van der Waals surface area contributed by atoms with Crippen molar-refractivity contribution >= 4 is 29.9 Å². The molecule has 1 fully saturated rings. The number of likely N-dealkylation sites (tertiary alicyclic amines) is 1. The summed E-state index contributed by atoms with van der Waals surface area (Å²) in [6.07, 6.45) is 3.61. The van der Waals surface area contributed by atoms with Crippen molar-refractivity contribution in [3.8, 4) is 0 Å². The van der Waals surface area contributed by atoms with Crippen molar-refractivity contribution in [2.24, 2.45) is 4.99 Å². The second-order valence-electron chi connectivity index (χ2n) is 6.95. The fourth-order valence-electron chi connectivity index (χ4n) is 3.06. The second-order valence-corrected chi connectivity index (χ2v) is 6.95. The third-order valence-electron chi connectivity index (χ3n) is 4.47. The molecule has 1 aliphatic rings. The Morgan fingerprint density at radius 3 is 2.54 bits per heavy atom. The first kappa shape index (κ1) is 23.2. The molecule has 0 aliphatic carbocycles. The molecule has 26 heavy (non-hydrogen) atoms. The van der Waals surface area contributed by atoms with Gasteiger partial charge < -0.3 is 15.4 Å². The van der Waals surface area contributed by atoms with Crippen LogP contribution in [0.4, 0.5) is 0 Å². The lowest BCUT2D eigenvalue weighted by molar-refractivity contribution is 0.0776. The number of halogens is 1. The molecule has 5 nitrogen and oxygen atoms in total. The topological polar surface area (TPSA) is 48.9 Å². The predicted octanol–water partition coefficient (Wildman–Crippen LogP) is 3.25. The first-order chi connectivity index (χ1) is 12.2. The van der Waals surface area contributed by atoms with Crippen molar-refractivity contribution in [2.75, 3.05) is 33.3 Å². The van der Waals surface area contributed by atoms with Gasteiger partial charge in [-0.05, 0) is 38.7 Å². The van der Waals surface area contributed by atoms with Gasteiger partial charge in [0.05, 0.1) is 6.10 Å². The van der Waals surface area contributed by atoms with Gasteiger partial charge in [0, 0.05) is 45.9 Å². The van der Waals surface area contributed by atoms with Gasteiger partial charge in [0.25, 0.3) is 0 Å². The summed E-state index contributed by atoms with van der Waals surface area (Å²) >= 11 is 0. The summed E-state index contributed by atoms with van der Waals surface area (Å²) in [5.41, 5.74) is 1.40. The number of hydrogen-bond donors (Lipinski definition) is 2. The Labute approximate surface area is 176 Å². The lowest BCUT2D eigenvalue weighted by atomic mass is 10.0. The molecular formula is C20H35IN4O. The maximum atomic E-state index is 5.56. The minimum Gasteiger partial charge on any atom is -0.379 e. The fraction of sp³-hybridized carbons (Fsp3) is 0.650. The van der Waals surface area contributed by atoms with E-state index in [4.69, 9.17) is 4.74 Å². The largest absolute Gasteiger partial charge is 0.379 e. The van der Waals surface area contributed by atoms with Crippen LogP contribution in [-0.2, 0) is 11.3 Å². The van der Waals surface area contributed by atoms with Crippen LogP contribution in [0.2, 0.25) is 0 Å². The van der Waals surface area contributed by atoms with Gasteiger partial charge in [-0.25, -0.2) is 0 Å². The number of nitrogens with zero attached hydrogens (tertiary/aromatic N) is 2. The first-order valence-electron chi connectivity index (χ1n) is 9.52. The van der Waals surface area contributed by atoms with Gasteiger partial charge in [0.1, 0.15) is 0 Å². The highest BCUT2D eigenvalue weighted by Crippen LogP contribution is 2.13. The molecule has 6 heteroatoms. The summed E-state index contributed by atoms with van der Waals surface area (Å²) in [6, 6.07) is 11.2. The van der Waals surface area contributed by atoms with E-state index in [1.54, 1.807) is 0 Å². The van der Waals surface area contributed by atoms with E-state index in [0.717, 1.165) is 58.0 Å². The van der Waals surface area contributed by atoms with E-state index in [1.165, 1.54) is 5.56 Å². The Balaban J connectivity index is 0.00000338. The third kappa shape index (κ3) is 9.19. The van der Waals surface area contributed by atoms with Crippen molar-refractivity contribution in [1.82, 2.24) is 15.5 Å². The van der Waals surface area contributed by atoms with E-state index in [-0.39, 0.29) is 24.0 Å². The Morgan fingerprint density at radius 2 is 1.92 bits per heavy atom. The van der Waals surface area contributed by atoms with E-state index >= 15 is 0 Å². The molecule has 2 N–H and O–H groups in total. The summed E-state index contributed by atoms with van der Waals surface area (Å²) in [5, 5.41) is 6.95. The summed E-state index contributed by atoms with van der Waals surface area (Å²) in [7, 11) is 1.84. The molecule has 0 spiro atoms. The van der Waals surface area contributed by atoms with Gasteiger partial charge in [-0.3, -0.25) is 9.89 Å². The summed E-state index contributed by atoms with van der Waals surface area (Å²) in [4.78, 5) is 6.88. The van der Waals surface area contributed by atoms with Crippen molar-refractivity contribution in [3.05, 3.63) is 35.9 Å². The van der Waals surface area contributed by atoms with Crippen LogP contribution in [0.3, 0.4) is 0 Å². The summed E-state index contributed by atoms with van der Waals surface area (Å²) in [5.74, 6) is 0.908. The molecule has 0 bridgehead atoms. The van der Waals surface area contributed by atoms with E-state index in [2.05, 4.69) is 64.7 Å². The zero-order valence-corrected chi connectivity index (χ0v) is 18.7. The van der Waals surface area contributed by atoms with Gasteiger partial charge in [-0.1, -0.05) is 30.3 Å². The van der Waals surface area contributed by atoms with Crippen LogP contribution in [0.5, 0.6) is 0 Å². The van der Waals surface area contributed by atoms with Crippen LogP contribution < -0.4 is 10.6 Å². The molecule has 0 radical (unpaired) electrons. The molecule has 1 aromatic rings. The van der Waals surface area contributed by atoms with Gasteiger partial charge >= 0.3 is 0 Å². The lowest BCUT2D eigenvalue weighted by Gasteiger charge is -2.33. The number of ether oxygens (including phenoxy) is 1. The van der Waals surface area contributed by atoms with E-state index in [9.17, 15) is 0 Å². The van der Waals surface area contributed by atoms with Crippen LogP contribution >= 0.6 is 24.0 Å². The average Bonchev–Trinajstić information content (AvgIpc) is 2.62. The number of aliphatic imine (C=N–C) groups is 1. The number of rotatable bonds is 8. The Bertz CT molecular complexity index is 502. The highest BCUT2D eigenvalue weighted by molar-refractivity contribution is 14.0. The van der Waals surface area contributed by atoms with E-state index in [1.807, 2.05) is 7.05 Å². The molecule has 0 aromatic heterocycles. The maximum absolute atomic E-state index is 5.56. The van der Waals surface area contributed by atoms with Crippen molar-refractivity contribution in [2.45, 2.75) is 51.8 Å². The molecule has 0 saturated carbocycles. The highest BCUT2D eigenvalue weighted by atomic mass is 127. The normalized spacial score (nSPS) is 16.4. The highest BCUT2D eigenvalue weighted by Gasteiger charge is 2.19. The standard InChI is InChI=1S/C20H34N4O.HI/c1-17(2)25-15-7-12-22-20(21-3)23-19-10-13-24(14-11-19)16-18-8-5-4-6-9-18;/h4-6,8-9,17,19H,7,10-16H2,1-3H3,(H2,21,22,23);1H. The Hall–Kier alpha value is -0.860. The van der Waals surface area contributed by atoms with Crippen LogP contribution in [0, 0.1) is 0 Å². The molecule has 2 rings (SSSR count). The summed E-state index contributed by atoms with van der Waals surface area (Å²) in [6.45, 7) is 9.13. The predicted molar refractivity (Wildman–Crippen MR) is 120 cm³/mol. The van der Waals surface area contributed by atoms with E-state index in [0.29, 0.717) is 12.1 Å². The fourth-order valence-corrected chi connectivity index (χ4v) is 3.06. The molecule has 1 aromatic carbocycles. The van der Waals surface area contributed by atoms with Gasteiger partial charge in [0.2, 0.25) is 0 Å². The lowest BCUT2D eigenvalue weighted by Crippen LogP contribution is -2.48. The zero-order valence-electron chi connectivity index (χ0n) is 16.4. The first-order valence-corrected chi connectivity index (χ1v) is 9.52. The number of benzene rings is 1. The minimum atomic E-state index is 0. The quantitative estimate of drug-likeness (QED) is 0.263. The monoisotopic (exact) mass is 474 g/mol. The van der Waals surface area contributed by atoms with Crippen LogP contribution in [0.1, 0.15) is 38.7 Å². The smallest absolute Gasteiger partial charge is 0.191 e. The van der Waals surface area contributed by atoms with Crippen LogP contribution in [0.25, 0.3) is 0 Å². The number of hydrogen-bond acceptors (Lipinski definition) is 3. The van der Waals surface area contributed by atoms with E-state index < -0.39 is 0 Å². The van der Waals surface area contributed by atoms with Crippen LogP contribution in [0.15, 0.2) is 35.3 Å². The molecule has 0 amide bonds. The molecule has 148 valence electrons. The van der Waals surface area contributed by atoms with Crippen LogP contribution in [-0.4, -0.2) is 56.3 Å². The number of nitrogens with one attached hydrogen (secondary N) is 2. The third-order valence-corrected chi connectivity index (χ3v) is 4.47. The number of piperidine rings is 1. The second kappa shape index (κ2) is 13.3. The zero-order chi connectivity index (χ0) is 17.9. The maximum Gasteiger partial charge on any atom is 0.191 e. The van der Waals surface area contributed by atoms with Crippen molar-refractivity contribution in [3.63, 3.8) is 0 Å². The number of guanidine groups is 1. The molecule has 1 heterocycles. The van der Waals surface area contributed by atoms with Gasteiger partial charge in [0.15, 0.2) is 5.96 Å². The average molecular weight is 474 g/mol. The van der Waals surface area contributed by atoms with Gasteiger partial charge in [-0.15, -0.1) is 24.0 Å². The molecular weight excluding hydrogens is 439 g/mol. The molecule has 1 aliphatic heterocycles. The van der Waals surface area contributed by atoms with Gasteiger partial charge in [-0.2, -0.15) is 0 Å². The van der Waals surface area contributed by atoms with Crippen molar-refractivity contribution in [1.29, 1.82) is 0 Å². The molecule has 0 unspecified atom stereocenters. The SMILES string of the molecule is CN=C(NCCCOC(C)C)NC1CCN(Cc2ccccc2)CC1.I. The summed E-state index contributed by atoms with van der Waals surface area (Å²) < 4.78 is 5.56. The molecule has 1 saturated heterocycles. The Kier molecular flexibility index (Phi) is 11.9. The minimum absolute atomic E-state index is 0. The molecule has 0 atom stereocenters. The van der Waals surface area contributed by atoms with Crippen molar-refractivity contribution < 1.29 is 4.74 Å². The Morgan fingerprint density at radius 1 is 1.23 bits per heavy atom.